The van der Waals surface area contributed by atoms with Crippen LogP contribution in [0.5, 0.6) is 0 Å². The summed E-state index contributed by atoms with van der Waals surface area (Å²) in [6.07, 6.45) is 26.2. The van der Waals surface area contributed by atoms with Gasteiger partial charge in [0.2, 0.25) is 0 Å². The Balaban J connectivity index is 1.74. The number of alkyl halides is 2. The SMILES string of the molecule is CN(C)C1(Br)C=CC(C=C(C=Cc2ccccc2)C(=O)C(C=Cc2ccccc2)=CC2=CCC(Br)(N(C)C)C=C2)=CC1. The summed E-state index contributed by atoms with van der Waals surface area (Å²) < 4.78 is -0.455. The van der Waals surface area contributed by atoms with Crippen molar-refractivity contribution < 1.29 is 4.79 Å². The largest absolute Gasteiger partial charge is 0.291 e. The standard InChI is InChI=1S/C37H38Br2N2O/c1-40(2)36(38)23-19-31(20-24-36)27-33(17-15-29-11-7-5-8-12-29)35(42)34(18-16-30-13-9-6-10-14-30)28-32-21-25-37(39,26-22-32)41(3)4/h5-23,25,27-28H,24,26H2,1-4H3. The number of carbonyl (C=O) groups is 1. The van der Waals surface area contributed by atoms with Crippen molar-refractivity contribution in [3.05, 3.63) is 155 Å². The summed E-state index contributed by atoms with van der Waals surface area (Å²) in [6.45, 7) is 0. The number of rotatable bonds is 10. The van der Waals surface area contributed by atoms with Crippen LogP contribution in [0.25, 0.3) is 12.2 Å². The molecule has 0 bridgehead atoms. The van der Waals surface area contributed by atoms with Crippen LogP contribution in [0.1, 0.15) is 24.0 Å². The predicted molar refractivity (Wildman–Crippen MR) is 186 cm³/mol. The van der Waals surface area contributed by atoms with Gasteiger partial charge >= 0.3 is 0 Å². The molecular weight excluding hydrogens is 648 g/mol. The van der Waals surface area contributed by atoms with Crippen molar-refractivity contribution in [3.8, 4) is 0 Å². The fourth-order valence-corrected chi connectivity index (χ4v) is 5.11. The van der Waals surface area contributed by atoms with E-state index in [0.29, 0.717) is 11.1 Å². The summed E-state index contributed by atoms with van der Waals surface area (Å²) in [5.41, 5.74) is 5.33. The first-order valence-corrected chi connectivity index (χ1v) is 15.6. The molecule has 0 saturated carbocycles. The molecule has 5 heteroatoms. The Morgan fingerprint density at radius 2 is 1.05 bits per heavy atom. The molecule has 0 N–H and O–H groups in total. The third-order valence-corrected chi connectivity index (χ3v) is 10.1. The van der Waals surface area contributed by atoms with E-state index in [2.05, 4.69) is 78.1 Å². The molecule has 0 saturated heterocycles. The monoisotopic (exact) mass is 684 g/mol. The minimum atomic E-state index is -0.227. The van der Waals surface area contributed by atoms with E-state index in [9.17, 15) is 4.79 Å². The summed E-state index contributed by atoms with van der Waals surface area (Å²) in [5.74, 6) is -0.0375. The van der Waals surface area contributed by atoms with Gasteiger partial charge in [-0.2, -0.15) is 0 Å². The highest BCUT2D eigenvalue weighted by Crippen LogP contribution is 2.34. The summed E-state index contributed by atoms with van der Waals surface area (Å²) >= 11 is 7.68. The van der Waals surface area contributed by atoms with Gasteiger partial charge in [0.05, 0.1) is 8.90 Å². The highest BCUT2D eigenvalue weighted by Gasteiger charge is 2.28. The van der Waals surface area contributed by atoms with Gasteiger partial charge in [-0.15, -0.1) is 0 Å². The molecule has 216 valence electrons. The molecule has 2 aromatic carbocycles. The van der Waals surface area contributed by atoms with Crippen LogP contribution in [0.15, 0.2) is 144 Å². The van der Waals surface area contributed by atoms with Gasteiger partial charge in [0.15, 0.2) is 5.78 Å². The number of hydrogen-bond donors (Lipinski definition) is 0. The van der Waals surface area contributed by atoms with Crippen LogP contribution in [-0.4, -0.2) is 52.7 Å². The molecule has 2 aliphatic rings. The van der Waals surface area contributed by atoms with Gasteiger partial charge < -0.3 is 0 Å². The molecule has 2 aliphatic carbocycles. The van der Waals surface area contributed by atoms with Gasteiger partial charge in [-0.05, 0) is 75.5 Å². The average Bonchev–Trinajstić information content (AvgIpc) is 3.00. The molecule has 0 fully saturated rings. The maximum absolute atomic E-state index is 14.3. The number of nitrogens with zero attached hydrogens (tertiary/aromatic N) is 2. The van der Waals surface area contributed by atoms with E-state index >= 15 is 0 Å². The van der Waals surface area contributed by atoms with E-state index in [1.807, 2.05) is 125 Å². The van der Waals surface area contributed by atoms with Crippen molar-refractivity contribution in [1.82, 2.24) is 9.80 Å². The number of Topliss-reactive ketones (excluding diaryl/α,β-unsaturated/α-hetero) is 1. The van der Waals surface area contributed by atoms with E-state index in [-0.39, 0.29) is 14.7 Å². The van der Waals surface area contributed by atoms with Crippen molar-refractivity contribution in [2.24, 2.45) is 0 Å². The highest BCUT2D eigenvalue weighted by atomic mass is 79.9. The molecule has 0 heterocycles. The summed E-state index contributed by atoms with van der Waals surface area (Å²) in [7, 11) is 8.20. The lowest BCUT2D eigenvalue weighted by Gasteiger charge is -2.32. The lowest BCUT2D eigenvalue weighted by atomic mass is 9.93. The minimum Gasteiger partial charge on any atom is -0.291 e. The lowest BCUT2D eigenvalue weighted by molar-refractivity contribution is -0.111. The van der Waals surface area contributed by atoms with Crippen LogP contribution in [0, 0.1) is 0 Å². The van der Waals surface area contributed by atoms with E-state index in [0.717, 1.165) is 35.1 Å². The number of likely N-dealkylation sites (N-methyl/N-ethyl adjacent to an activating group) is 2. The number of carbonyl (C=O) groups excluding carboxylic acids is 1. The Morgan fingerprint density at radius 1 is 0.667 bits per heavy atom. The predicted octanol–water partition coefficient (Wildman–Crippen LogP) is 8.91. The van der Waals surface area contributed by atoms with E-state index in [1.165, 1.54) is 0 Å². The zero-order valence-corrected chi connectivity index (χ0v) is 27.8. The van der Waals surface area contributed by atoms with Gasteiger partial charge in [-0.25, -0.2) is 0 Å². The van der Waals surface area contributed by atoms with Crippen LogP contribution >= 0.6 is 31.9 Å². The van der Waals surface area contributed by atoms with Gasteiger partial charge in [-0.3, -0.25) is 14.6 Å². The number of benzene rings is 2. The molecular formula is C37H38Br2N2O. The minimum absolute atomic E-state index is 0.0375. The maximum atomic E-state index is 14.3. The van der Waals surface area contributed by atoms with Crippen molar-refractivity contribution in [2.45, 2.75) is 21.7 Å². The average molecular weight is 687 g/mol. The van der Waals surface area contributed by atoms with Gasteiger partial charge in [0.1, 0.15) is 0 Å². The summed E-state index contributed by atoms with van der Waals surface area (Å²) in [4.78, 5) is 18.6. The van der Waals surface area contributed by atoms with Crippen LogP contribution in [0.2, 0.25) is 0 Å². The van der Waals surface area contributed by atoms with E-state index < -0.39 is 0 Å². The lowest BCUT2D eigenvalue weighted by Crippen LogP contribution is -2.36. The van der Waals surface area contributed by atoms with Crippen LogP contribution in [-0.2, 0) is 4.79 Å². The summed E-state index contributed by atoms with van der Waals surface area (Å²) in [5, 5.41) is 0. The summed E-state index contributed by atoms with van der Waals surface area (Å²) in [6, 6.07) is 20.1. The Hall–Kier alpha value is -3.09. The zero-order chi connectivity index (χ0) is 30.2. The third kappa shape index (κ3) is 8.48. The molecule has 0 aromatic heterocycles. The second-order valence-corrected chi connectivity index (χ2v) is 13.7. The van der Waals surface area contributed by atoms with E-state index in [4.69, 9.17) is 0 Å². The topological polar surface area (TPSA) is 23.6 Å². The Kier molecular flexibility index (Phi) is 10.9. The molecule has 42 heavy (non-hydrogen) atoms. The normalized spacial score (nSPS) is 23.2. The highest BCUT2D eigenvalue weighted by molar-refractivity contribution is 9.10. The van der Waals surface area contributed by atoms with Crippen LogP contribution in [0.3, 0.4) is 0 Å². The first-order chi connectivity index (χ1) is 20.1. The number of ketones is 1. The molecule has 0 aliphatic heterocycles. The molecule has 3 nitrogen and oxygen atoms in total. The molecule has 2 atom stereocenters. The number of halogens is 2. The Morgan fingerprint density at radius 3 is 1.36 bits per heavy atom. The molecule has 0 amide bonds. The first kappa shape index (κ1) is 31.8. The maximum Gasteiger partial charge on any atom is 0.193 e. The second-order valence-electron chi connectivity index (χ2n) is 10.9. The van der Waals surface area contributed by atoms with Crippen molar-refractivity contribution >= 4 is 49.8 Å². The number of allylic oxidation sites excluding steroid dienone is 10. The van der Waals surface area contributed by atoms with E-state index in [1.54, 1.807) is 0 Å². The van der Waals surface area contributed by atoms with Gasteiger partial charge in [-0.1, -0.05) is 153 Å². The van der Waals surface area contributed by atoms with Crippen LogP contribution in [0.4, 0.5) is 0 Å². The third-order valence-electron chi connectivity index (χ3n) is 7.48. The van der Waals surface area contributed by atoms with Crippen molar-refractivity contribution in [2.75, 3.05) is 28.2 Å². The quantitative estimate of drug-likeness (QED) is 0.108. The fourth-order valence-electron chi connectivity index (χ4n) is 4.52. The second kappa shape index (κ2) is 14.4. The Bertz CT molecular complexity index is 1390. The first-order valence-electron chi connectivity index (χ1n) is 14.0. The van der Waals surface area contributed by atoms with Crippen LogP contribution < -0.4 is 0 Å². The van der Waals surface area contributed by atoms with Gasteiger partial charge in [0, 0.05) is 11.1 Å². The fraction of sp³-hybridized carbons (Fsp3) is 0.216. The molecule has 0 spiro atoms. The smallest absolute Gasteiger partial charge is 0.193 e. The zero-order valence-electron chi connectivity index (χ0n) is 24.7. The van der Waals surface area contributed by atoms with Crippen molar-refractivity contribution in [3.63, 3.8) is 0 Å². The molecule has 2 aromatic rings. The Labute approximate surface area is 267 Å². The molecule has 4 rings (SSSR count). The molecule has 2 unspecified atom stereocenters. The molecule has 0 radical (unpaired) electrons. The van der Waals surface area contributed by atoms with Crippen molar-refractivity contribution in [1.29, 1.82) is 0 Å². The number of hydrogen-bond acceptors (Lipinski definition) is 3. The van der Waals surface area contributed by atoms with Gasteiger partial charge in [0.25, 0.3) is 0 Å².